The molecule has 0 aromatic heterocycles. The Labute approximate surface area is 223 Å². The first-order chi connectivity index (χ1) is 17.8. The number of nitrogens with one attached hydrogen (secondary N) is 2. The highest BCUT2D eigenvalue weighted by Gasteiger charge is 2.42. The first-order valence-corrected chi connectivity index (χ1v) is 13.1. The van der Waals surface area contributed by atoms with Gasteiger partial charge in [0.1, 0.15) is 23.4 Å². The van der Waals surface area contributed by atoms with E-state index >= 15 is 0 Å². The quantitative estimate of drug-likeness (QED) is 0.447. The summed E-state index contributed by atoms with van der Waals surface area (Å²) in [5.74, 6) is -1.89. The van der Waals surface area contributed by atoms with Crippen molar-refractivity contribution in [3.63, 3.8) is 0 Å². The number of benzene rings is 1. The molecule has 1 aromatic carbocycles. The molecule has 4 atom stereocenters. The van der Waals surface area contributed by atoms with Crippen molar-refractivity contribution in [2.45, 2.75) is 84.4 Å². The lowest BCUT2D eigenvalue weighted by Gasteiger charge is -2.29. The van der Waals surface area contributed by atoms with Crippen molar-refractivity contribution in [3.05, 3.63) is 23.8 Å². The van der Waals surface area contributed by atoms with Gasteiger partial charge in [0.15, 0.2) is 5.78 Å². The van der Waals surface area contributed by atoms with Crippen LogP contribution in [0.25, 0.3) is 0 Å². The third-order valence-corrected chi connectivity index (χ3v) is 6.79. The van der Waals surface area contributed by atoms with Crippen LogP contribution in [0.15, 0.2) is 18.2 Å². The SMILES string of the molecule is CC(C)CC(CC(=O)C1Cc2c(O)cccc2N1C(=O)OC(C)(C)C)C(=O)NC(C#N)CC1CCNC1=O. The van der Waals surface area contributed by atoms with E-state index in [-0.39, 0.29) is 48.5 Å². The summed E-state index contributed by atoms with van der Waals surface area (Å²) in [6.45, 7) is 9.60. The fraction of sp³-hybridized carbons (Fsp3) is 0.607. The smallest absolute Gasteiger partial charge is 0.415 e. The van der Waals surface area contributed by atoms with Crippen LogP contribution < -0.4 is 15.5 Å². The van der Waals surface area contributed by atoms with E-state index in [1.165, 1.54) is 11.0 Å². The van der Waals surface area contributed by atoms with Crippen LogP contribution in [0.3, 0.4) is 0 Å². The topological polar surface area (TPSA) is 149 Å². The van der Waals surface area contributed by atoms with Gasteiger partial charge in [-0.05, 0) is 58.1 Å². The molecule has 38 heavy (non-hydrogen) atoms. The fourth-order valence-corrected chi connectivity index (χ4v) is 5.06. The van der Waals surface area contributed by atoms with Crippen LogP contribution in [0.4, 0.5) is 10.5 Å². The van der Waals surface area contributed by atoms with Crippen LogP contribution in [0.2, 0.25) is 0 Å². The van der Waals surface area contributed by atoms with E-state index in [0.29, 0.717) is 30.6 Å². The highest BCUT2D eigenvalue weighted by Crippen LogP contribution is 2.39. The van der Waals surface area contributed by atoms with E-state index in [1.54, 1.807) is 32.9 Å². The number of ketones is 1. The molecule has 1 saturated heterocycles. The summed E-state index contributed by atoms with van der Waals surface area (Å²) in [4.78, 5) is 53.3. The number of hydrogen-bond donors (Lipinski definition) is 3. The average Bonchev–Trinajstić information content (AvgIpc) is 3.41. The van der Waals surface area contributed by atoms with Crippen LogP contribution >= 0.6 is 0 Å². The van der Waals surface area contributed by atoms with Gasteiger partial charge in [-0.25, -0.2) is 4.79 Å². The van der Waals surface area contributed by atoms with Crippen molar-refractivity contribution in [3.8, 4) is 11.8 Å². The third kappa shape index (κ3) is 7.03. The van der Waals surface area contributed by atoms with Crippen molar-refractivity contribution in [2.75, 3.05) is 11.4 Å². The number of hydrogen-bond acceptors (Lipinski definition) is 7. The molecule has 2 aliphatic rings. The maximum atomic E-state index is 13.6. The maximum absolute atomic E-state index is 13.6. The summed E-state index contributed by atoms with van der Waals surface area (Å²) in [6, 6.07) is 5.02. The first kappa shape index (κ1) is 29.0. The summed E-state index contributed by atoms with van der Waals surface area (Å²) in [7, 11) is 0. The minimum absolute atomic E-state index is 0.0179. The maximum Gasteiger partial charge on any atom is 0.415 e. The Bertz CT molecular complexity index is 1120. The molecule has 1 fully saturated rings. The predicted molar refractivity (Wildman–Crippen MR) is 140 cm³/mol. The van der Waals surface area contributed by atoms with Gasteiger partial charge in [0, 0.05) is 36.8 Å². The lowest BCUT2D eigenvalue weighted by molar-refractivity contribution is -0.131. The minimum Gasteiger partial charge on any atom is -0.508 e. The van der Waals surface area contributed by atoms with Gasteiger partial charge < -0.3 is 20.5 Å². The van der Waals surface area contributed by atoms with Crippen molar-refractivity contribution >= 4 is 29.4 Å². The average molecular weight is 527 g/mol. The zero-order chi connectivity index (χ0) is 28.2. The van der Waals surface area contributed by atoms with Crippen LogP contribution in [-0.4, -0.2) is 53.0 Å². The Morgan fingerprint density at radius 2 is 2.00 bits per heavy atom. The number of anilines is 1. The molecule has 3 amide bonds. The first-order valence-electron chi connectivity index (χ1n) is 13.1. The Hall–Kier alpha value is -3.61. The van der Waals surface area contributed by atoms with Crippen molar-refractivity contribution < 1.29 is 29.0 Å². The molecule has 206 valence electrons. The molecule has 4 unspecified atom stereocenters. The Morgan fingerprint density at radius 1 is 1.29 bits per heavy atom. The van der Waals surface area contributed by atoms with Gasteiger partial charge in [-0.2, -0.15) is 5.26 Å². The molecule has 3 N–H and O–H groups in total. The van der Waals surface area contributed by atoms with Gasteiger partial charge in [0.2, 0.25) is 11.8 Å². The number of amides is 3. The Kier molecular flexibility index (Phi) is 9.02. The number of nitrogens with zero attached hydrogens (tertiary/aromatic N) is 2. The molecular formula is C28H38N4O6. The van der Waals surface area contributed by atoms with Crippen LogP contribution in [0, 0.1) is 29.1 Å². The number of aromatic hydroxyl groups is 1. The second kappa shape index (κ2) is 11.8. The van der Waals surface area contributed by atoms with Crippen LogP contribution in [0.5, 0.6) is 5.75 Å². The van der Waals surface area contributed by atoms with Gasteiger partial charge in [-0.15, -0.1) is 0 Å². The number of fused-ring (bicyclic) bond motifs is 1. The number of carbonyl (C=O) groups is 4. The monoisotopic (exact) mass is 526 g/mol. The number of phenols is 1. The van der Waals surface area contributed by atoms with Gasteiger partial charge in [0.25, 0.3) is 0 Å². The molecule has 10 heteroatoms. The van der Waals surface area contributed by atoms with E-state index in [2.05, 4.69) is 16.7 Å². The van der Waals surface area contributed by atoms with Gasteiger partial charge >= 0.3 is 6.09 Å². The highest BCUT2D eigenvalue weighted by atomic mass is 16.6. The number of rotatable bonds is 9. The Morgan fingerprint density at radius 3 is 2.58 bits per heavy atom. The van der Waals surface area contributed by atoms with E-state index in [4.69, 9.17) is 4.74 Å². The molecule has 1 aromatic rings. The minimum atomic E-state index is -0.940. The zero-order valence-electron chi connectivity index (χ0n) is 22.7. The van der Waals surface area contributed by atoms with Crippen molar-refractivity contribution in [1.29, 1.82) is 5.26 Å². The summed E-state index contributed by atoms with van der Waals surface area (Å²) in [5, 5.41) is 25.5. The van der Waals surface area contributed by atoms with E-state index < -0.39 is 35.6 Å². The van der Waals surface area contributed by atoms with Crippen molar-refractivity contribution in [2.24, 2.45) is 17.8 Å². The number of ether oxygens (including phenoxy) is 1. The number of nitriles is 1. The largest absolute Gasteiger partial charge is 0.508 e. The number of Topliss-reactive ketones (excluding diaryl/α,β-unsaturated/α-hetero) is 1. The molecule has 0 radical (unpaired) electrons. The predicted octanol–water partition coefficient (Wildman–Crippen LogP) is 3.21. The highest BCUT2D eigenvalue weighted by molar-refractivity contribution is 6.02. The Balaban J connectivity index is 1.79. The normalized spacial score (nSPS) is 20.3. The third-order valence-electron chi connectivity index (χ3n) is 6.79. The molecule has 10 nitrogen and oxygen atoms in total. The zero-order valence-corrected chi connectivity index (χ0v) is 22.7. The van der Waals surface area contributed by atoms with Gasteiger partial charge in [-0.3, -0.25) is 19.3 Å². The molecule has 0 saturated carbocycles. The van der Waals surface area contributed by atoms with Crippen molar-refractivity contribution in [1.82, 2.24) is 10.6 Å². The lowest BCUT2D eigenvalue weighted by atomic mass is 9.88. The fourth-order valence-electron chi connectivity index (χ4n) is 5.06. The molecule has 0 spiro atoms. The molecule has 0 bridgehead atoms. The number of phenolic OH excluding ortho intramolecular Hbond substituents is 1. The lowest BCUT2D eigenvalue weighted by Crippen LogP contribution is -2.47. The number of carbonyl (C=O) groups excluding carboxylic acids is 4. The molecule has 2 aliphatic heterocycles. The summed E-state index contributed by atoms with van der Waals surface area (Å²) in [5.41, 5.74) is 0.0788. The van der Waals surface area contributed by atoms with Crippen LogP contribution in [0.1, 0.15) is 65.9 Å². The summed E-state index contributed by atoms with van der Waals surface area (Å²) < 4.78 is 5.56. The van der Waals surface area contributed by atoms with Crippen LogP contribution in [-0.2, 0) is 25.5 Å². The van der Waals surface area contributed by atoms with Gasteiger partial charge in [-0.1, -0.05) is 19.9 Å². The van der Waals surface area contributed by atoms with Gasteiger partial charge in [0.05, 0.1) is 11.8 Å². The van der Waals surface area contributed by atoms with E-state index in [0.717, 1.165) is 0 Å². The molecule has 2 heterocycles. The second-order valence-electron chi connectivity index (χ2n) is 11.5. The summed E-state index contributed by atoms with van der Waals surface area (Å²) >= 11 is 0. The van der Waals surface area contributed by atoms with E-state index in [9.17, 15) is 29.5 Å². The molecule has 0 aliphatic carbocycles. The second-order valence-corrected chi connectivity index (χ2v) is 11.5. The standard InChI is InChI=1S/C28H38N4O6/c1-16(2)11-18(26(36)31-19(15-29)12-17-9-10-30-25(17)35)13-24(34)22-14-20-21(7-6-8-23(20)33)32(22)27(37)38-28(3,4)5/h6-8,16-19,22,33H,9-14H2,1-5H3,(H,30,35)(H,31,36). The van der Waals surface area contributed by atoms with E-state index in [1.807, 2.05) is 13.8 Å². The summed E-state index contributed by atoms with van der Waals surface area (Å²) in [6.07, 6.45) is 0.468. The molecular weight excluding hydrogens is 488 g/mol. The molecule has 3 rings (SSSR count).